The number of hydrogen-bond acceptors (Lipinski definition) is 5. The van der Waals surface area contributed by atoms with Crippen LogP contribution in [-0.2, 0) is 16.4 Å². The number of fused-ring (bicyclic) bond motifs is 7. The predicted molar refractivity (Wildman–Crippen MR) is 141 cm³/mol. The van der Waals surface area contributed by atoms with Crippen molar-refractivity contribution in [2.45, 2.75) is 23.3 Å². The monoisotopic (exact) mass is 512 g/mol. The molecule has 4 aromatic rings. The lowest BCUT2D eigenvalue weighted by atomic mass is 9.82. The van der Waals surface area contributed by atoms with E-state index in [2.05, 4.69) is 33.1 Å². The van der Waals surface area contributed by atoms with E-state index in [-0.39, 0.29) is 10.8 Å². The lowest BCUT2D eigenvalue weighted by Crippen LogP contribution is -2.34. The van der Waals surface area contributed by atoms with E-state index in [0.29, 0.717) is 16.7 Å². The van der Waals surface area contributed by atoms with Crippen LogP contribution in [0.15, 0.2) is 90.1 Å². The van der Waals surface area contributed by atoms with Gasteiger partial charge in [-0.25, -0.2) is 18.4 Å². The van der Waals surface area contributed by atoms with Gasteiger partial charge in [0, 0.05) is 35.4 Å². The van der Waals surface area contributed by atoms with Crippen molar-refractivity contribution in [2.75, 3.05) is 15.7 Å². The summed E-state index contributed by atoms with van der Waals surface area (Å²) in [6, 6.07) is 19.8. The average molecular weight is 513 g/mol. The molecule has 1 aliphatic carbocycles. The topological polar surface area (TPSA) is 66.4 Å². The highest BCUT2D eigenvalue weighted by Crippen LogP contribution is 2.59. The van der Waals surface area contributed by atoms with Crippen molar-refractivity contribution >= 4 is 45.0 Å². The molecule has 0 radical (unpaired) electrons. The van der Waals surface area contributed by atoms with Gasteiger partial charge in [-0.15, -0.1) is 0 Å². The van der Waals surface area contributed by atoms with Crippen molar-refractivity contribution in [3.05, 3.63) is 112 Å². The summed E-state index contributed by atoms with van der Waals surface area (Å²) in [5.41, 5.74) is 5.92. The molecule has 8 heteroatoms. The van der Waals surface area contributed by atoms with Gasteiger partial charge in [-0.1, -0.05) is 54.1 Å². The third kappa shape index (κ3) is 3.06. The van der Waals surface area contributed by atoms with Crippen molar-refractivity contribution in [3.8, 4) is 0 Å². The van der Waals surface area contributed by atoms with E-state index in [1.807, 2.05) is 30.3 Å². The molecule has 2 atom stereocenters. The summed E-state index contributed by atoms with van der Waals surface area (Å²) < 4.78 is 30.1. The number of halogens is 1. The number of anilines is 3. The number of hydrogen-bond donors (Lipinski definition) is 0. The van der Waals surface area contributed by atoms with Gasteiger partial charge in [-0.05, 0) is 59.5 Å². The number of nitrogens with zero attached hydrogens (tertiary/aromatic N) is 4. The van der Waals surface area contributed by atoms with Crippen LogP contribution in [0, 0.1) is 0 Å². The summed E-state index contributed by atoms with van der Waals surface area (Å²) in [7, 11) is -3.89. The summed E-state index contributed by atoms with van der Waals surface area (Å²) in [5, 5.41) is 0.496. The van der Waals surface area contributed by atoms with E-state index in [1.54, 1.807) is 47.0 Å². The van der Waals surface area contributed by atoms with Crippen LogP contribution in [0.2, 0.25) is 5.02 Å². The Labute approximate surface area is 214 Å². The molecule has 0 bridgehead atoms. The summed E-state index contributed by atoms with van der Waals surface area (Å²) in [5.74, 6) is 0.483. The first-order valence-electron chi connectivity index (χ1n) is 11.8. The molecule has 3 aromatic carbocycles. The number of benzene rings is 3. The normalized spacial score (nSPS) is 19.6. The largest absolute Gasteiger partial charge is 0.310 e. The standard InChI is InChI=1S/C28H21ClN4O2S/c29-20-8-10-21(11-9-20)36(34,35)33-24-13-7-19-14-17-32(28-30-15-3-16-31-28)26(19)25(24)23-12-6-18-4-1-2-5-22(18)27(23)33/h1-13,15-16,23,27H,14,17H2/t23-,27-/m1/s1. The minimum atomic E-state index is -3.89. The van der Waals surface area contributed by atoms with Crippen molar-refractivity contribution in [1.82, 2.24) is 9.97 Å². The number of rotatable bonds is 3. The fourth-order valence-electron chi connectivity index (χ4n) is 5.77. The van der Waals surface area contributed by atoms with Crippen LogP contribution in [0.1, 0.15) is 34.2 Å². The molecule has 0 N–H and O–H groups in total. The van der Waals surface area contributed by atoms with Crippen LogP contribution in [0.3, 0.4) is 0 Å². The molecule has 7 rings (SSSR count). The first kappa shape index (κ1) is 21.6. The Morgan fingerprint density at radius 1 is 0.917 bits per heavy atom. The molecular formula is C28H21ClN4O2S. The molecule has 0 saturated heterocycles. The molecule has 6 nitrogen and oxygen atoms in total. The van der Waals surface area contributed by atoms with Gasteiger partial charge in [0.2, 0.25) is 5.95 Å². The second-order valence-electron chi connectivity index (χ2n) is 9.17. The number of aromatic nitrogens is 2. The quantitative estimate of drug-likeness (QED) is 0.342. The van der Waals surface area contributed by atoms with Crippen LogP contribution < -0.4 is 9.21 Å². The third-order valence-corrected chi connectivity index (χ3v) is 9.34. The van der Waals surface area contributed by atoms with Gasteiger partial charge in [0.15, 0.2) is 0 Å². The lowest BCUT2D eigenvalue weighted by molar-refractivity contribution is 0.575. The van der Waals surface area contributed by atoms with Crippen molar-refractivity contribution in [2.24, 2.45) is 0 Å². The van der Waals surface area contributed by atoms with Gasteiger partial charge in [0.1, 0.15) is 0 Å². The maximum absolute atomic E-state index is 14.2. The Morgan fingerprint density at radius 3 is 2.50 bits per heavy atom. The summed E-state index contributed by atoms with van der Waals surface area (Å²) in [6.07, 6.45) is 8.57. The predicted octanol–water partition coefficient (Wildman–Crippen LogP) is 5.88. The first-order valence-corrected chi connectivity index (χ1v) is 13.6. The van der Waals surface area contributed by atoms with E-state index >= 15 is 0 Å². The highest BCUT2D eigenvalue weighted by molar-refractivity contribution is 7.92. The van der Waals surface area contributed by atoms with E-state index in [9.17, 15) is 8.42 Å². The van der Waals surface area contributed by atoms with Gasteiger partial charge in [-0.3, -0.25) is 4.31 Å². The van der Waals surface area contributed by atoms with E-state index in [4.69, 9.17) is 11.6 Å². The van der Waals surface area contributed by atoms with E-state index in [1.165, 1.54) is 5.56 Å². The molecule has 178 valence electrons. The zero-order valence-corrected chi connectivity index (χ0v) is 20.7. The van der Waals surface area contributed by atoms with Gasteiger partial charge in [0.05, 0.1) is 22.3 Å². The first-order chi connectivity index (χ1) is 17.5. The SMILES string of the molecule is O=S(=O)(c1ccc(Cl)cc1)N1c2ccc3c(c2[C@H]2C=Cc4ccccc4[C@H]21)N(c1ncccn1)CC3. The lowest BCUT2D eigenvalue weighted by Gasteiger charge is -2.32. The van der Waals surface area contributed by atoms with Crippen LogP contribution in [-0.4, -0.2) is 24.9 Å². The van der Waals surface area contributed by atoms with Crippen molar-refractivity contribution < 1.29 is 8.42 Å². The zero-order chi connectivity index (χ0) is 24.4. The van der Waals surface area contributed by atoms with E-state index in [0.717, 1.165) is 35.3 Å². The van der Waals surface area contributed by atoms with Gasteiger partial charge in [0.25, 0.3) is 10.0 Å². The smallest absolute Gasteiger partial charge is 0.264 e. The molecule has 3 heterocycles. The van der Waals surface area contributed by atoms with Crippen LogP contribution >= 0.6 is 11.6 Å². The minimum Gasteiger partial charge on any atom is -0.310 e. The van der Waals surface area contributed by atoms with Crippen molar-refractivity contribution in [3.63, 3.8) is 0 Å². The molecule has 3 aliphatic rings. The second-order valence-corrected chi connectivity index (χ2v) is 11.4. The summed E-state index contributed by atoms with van der Waals surface area (Å²) in [4.78, 5) is 11.3. The molecule has 0 unspecified atom stereocenters. The Hall–Kier alpha value is -3.68. The highest BCUT2D eigenvalue weighted by Gasteiger charge is 2.49. The molecule has 0 fully saturated rings. The van der Waals surface area contributed by atoms with Crippen LogP contribution in [0.25, 0.3) is 6.08 Å². The maximum atomic E-state index is 14.2. The molecule has 0 amide bonds. The Bertz CT molecular complexity index is 1640. The molecular weight excluding hydrogens is 492 g/mol. The minimum absolute atomic E-state index is 0.142. The average Bonchev–Trinajstić information content (AvgIpc) is 3.49. The Balaban J connectivity index is 1.49. The molecule has 2 aliphatic heterocycles. The zero-order valence-electron chi connectivity index (χ0n) is 19.1. The van der Waals surface area contributed by atoms with Crippen molar-refractivity contribution in [1.29, 1.82) is 0 Å². The number of sulfonamides is 1. The molecule has 1 aromatic heterocycles. The molecule has 0 saturated carbocycles. The van der Waals surface area contributed by atoms with Gasteiger partial charge in [-0.2, -0.15) is 0 Å². The van der Waals surface area contributed by atoms with Crippen LogP contribution in [0.4, 0.5) is 17.3 Å². The molecule has 0 spiro atoms. The third-order valence-electron chi connectivity index (χ3n) is 7.28. The van der Waals surface area contributed by atoms with Crippen LogP contribution in [0.5, 0.6) is 0 Å². The molecule has 36 heavy (non-hydrogen) atoms. The van der Waals surface area contributed by atoms with E-state index < -0.39 is 16.1 Å². The van der Waals surface area contributed by atoms with Gasteiger partial charge >= 0.3 is 0 Å². The second kappa shape index (κ2) is 7.91. The summed E-state index contributed by atoms with van der Waals surface area (Å²) >= 11 is 6.08. The maximum Gasteiger partial charge on any atom is 0.264 e. The highest BCUT2D eigenvalue weighted by atomic mass is 35.5. The fourth-order valence-corrected chi connectivity index (χ4v) is 7.57. The Kier molecular flexibility index (Phi) is 4.75. The Morgan fingerprint density at radius 2 is 1.69 bits per heavy atom. The van der Waals surface area contributed by atoms with Gasteiger partial charge < -0.3 is 4.90 Å². The fraction of sp³-hybridized carbons (Fsp3) is 0.143. The summed E-state index contributed by atoms with van der Waals surface area (Å²) in [6.45, 7) is 0.747.